The van der Waals surface area contributed by atoms with Gasteiger partial charge >= 0.3 is 5.97 Å². The first-order valence-electron chi connectivity index (χ1n) is 9.53. The van der Waals surface area contributed by atoms with Crippen molar-refractivity contribution in [2.24, 2.45) is 11.8 Å². The summed E-state index contributed by atoms with van der Waals surface area (Å²) in [6, 6.07) is 3.09. The number of benzene rings is 1. The zero-order chi connectivity index (χ0) is 17.8. The normalized spacial score (nSPS) is 28.2. The van der Waals surface area contributed by atoms with E-state index in [1.54, 1.807) is 26.8 Å². The molecule has 0 heterocycles. The van der Waals surface area contributed by atoms with Gasteiger partial charge in [-0.3, -0.25) is 0 Å². The topological polar surface area (TPSA) is 35.5 Å². The standard InChI is InChI=1S/C21H27FO3/c1-21(2,3)25-20(23)16-10-15(13-6-7-13)19(11-17(16)22)24-18-9-12-4-5-14(18)8-12/h10-14,18H,4-9H2,1-3H3/t12-,14+,18-/m1/s1. The number of esters is 1. The van der Waals surface area contributed by atoms with Crippen molar-refractivity contribution in [1.29, 1.82) is 0 Å². The molecular weight excluding hydrogens is 319 g/mol. The molecule has 4 heteroatoms. The molecule has 0 spiro atoms. The summed E-state index contributed by atoms with van der Waals surface area (Å²) < 4.78 is 26.2. The van der Waals surface area contributed by atoms with Crippen molar-refractivity contribution in [3.05, 3.63) is 29.1 Å². The number of halogens is 1. The number of carbonyl (C=O) groups is 1. The van der Waals surface area contributed by atoms with Crippen molar-refractivity contribution >= 4 is 5.97 Å². The Morgan fingerprint density at radius 1 is 1.12 bits per heavy atom. The van der Waals surface area contributed by atoms with Crippen LogP contribution in [-0.2, 0) is 4.74 Å². The van der Waals surface area contributed by atoms with Gasteiger partial charge in [-0.15, -0.1) is 0 Å². The molecule has 25 heavy (non-hydrogen) atoms. The van der Waals surface area contributed by atoms with Crippen LogP contribution in [-0.4, -0.2) is 17.7 Å². The zero-order valence-electron chi connectivity index (χ0n) is 15.3. The van der Waals surface area contributed by atoms with Crippen LogP contribution >= 0.6 is 0 Å². The van der Waals surface area contributed by atoms with Crippen LogP contribution in [0.15, 0.2) is 12.1 Å². The van der Waals surface area contributed by atoms with Crippen LogP contribution < -0.4 is 4.74 Å². The van der Waals surface area contributed by atoms with Crippen LogP contribution in [0, 0.1) is 17.7 Å². The maximum atomic E-state index is 14.6. The lowest BCUT2D eigenvalue weighted by atomic mass is 9.97. The number of fused-ring (bicyclic) bond motifs is 2. The van der Waals surface area contributed by atoms with Crippen LogP contribution in [0.1, 0.15) is 81.1 Å². The van der Waals surface area contributed by atoms with Crippen molar-refractivity contribution in [2.45, 2.75) is 76.9 Å². The highest BCUT2D eigenvalue weighted by Gasteiger charge is 2.42. The van der Waals surface area contributed by atoms with Gasteiger partial charge in [0.1, 0.15) is 23.3 Å². The Bertz CT molecular complexity index is 687. The number of hydrogen-bond acceptors (Lipinski definition) is 3. The summed E-state index contributed by atoms with van der Waals surface area (Å²) in [5.74, 6) is 1.28. The summed E-state index contributed by atoms with van der Waals surface area (Å²) in [5.41, 5.74) is 0.365. The molecule has 3 aliphatic rings. The Balaban J connectivity index is 1.59. The molecule has 1 aromatic carbocycles. The Labute approximate surface area is 148 Å². The monoisotopic (exact) mass is 346 g/mol. The Morgan fingerprint density at radius 3 is 2.44 bits per heavy atom. The SMILES string of the molecule is CC(C)(C)OC(=O)c1cc(C2CC2)c(O[C@@H]2C[C@@H]3CC[C@H]2C3)cc1F. The second-order valence-electron chi connectivity index (χ2n) is 8.98. The molecule has 3 fully saturated rings. The maximum absolute atomic E-state index is 14.6. The van der Waals surface area contributed by atoms with Gasteiger partial charge in [0.2, 0.25) is 0 Å². The highest BCUT2D eigenvalue weighted by atomic mass is 19.1. The zero-order valence-corrected chi connectivity index (χ0v) is 15.3. The molecular formula is C21H27FO3. The van der Waals surface area contributed by atoms with Crippen molar-refractivity contribution in [1.82, 2.24) is 0 Å². The summed E-state index contributed by atoms with van der Waals surface area (Å²) >= 11 is 0. The van der Waals surface area contributed by atoms with Crippen molar-refractivity contribution in [3.63, 3.8) is 0 Å². The van der Waals surface area contributed by atoms with Crippen molar-refractivity contribution < 1.29 is 18.7 Å². The molecule has 0 saturated heterocycles. The minimum atomic E-state index is -0.637. The molecule has 0 N–H and O–H groups in total. The fourth-order valence-electron chi connectivity index (χ4n) is 4.37. The highest BCUT2D eigenvalue weighted by Crippen LogP contribution is 2.49. The van der Waals surface area contributed by atoms with Gasteiger partial charge in [-0.25, -0.2) is 9.18 Å². The summed E-state index contributed by atoms with van der Waals surface area (Å²) in [7, 11) is 0. The second-order valence-corrected chi connectivity index (χ2v) is 8.98. The minimum absolute atomic E-state index is 0.0251. The average Bonchev–Trinajstić information content (AvgIpc) is 3.13. The van der Waals surface area contributed by atoms with Gasteiger partial charge < -0.3 is 9.47 Å². The first kappa shape index (κ1) is 16.9. The number of ether oxygens (including phenoxy) is 2. The molecule has 0 aliphatic heterocycles. The lowest BCUT2D eigenvalue weighted by Crippen LogP contribution is -2.25. The van der Waals surface area contributed by atoms with Gasteiger partial charge in [-0.1, -0.05) is 0 Å². The number of rotatable bonds is 4. The lowest BCUT2D eigenvalue weighted by molar-refractivity contribution is 0.00645. The van der Waals surface area contributed by atoms with Gasteiger partial charge in [0.05, 0.1) is 5.56 Å². The largest absolute Gasteiger partial charge is 0.490 e. The first-order valence-corrected chi connectivity index (χ1v) is 9.53. The Kier molecular flexibility index (Phi) is 4.04. The molecule has 0 aromatic heterocycles. The summed E-state index contributed by atoms with van der Waals surface area (Å²) in [4.78, 5) is 12.3. The van der Waals surface area contributed by atoms with Crippen LogP contribution in [0.4, 0.5) is 4.39 Å². The van der Waals surface area contributed by atoms with Gasteiger partial charge in [0.15, 0.2) is 0 Å². The van der Waals surface area contributed by atoms with Gasteiger partial charge in [-0.2, -0.15) is 0 Å². The van der Waals surface area contributed by atoms with E-state index in [0.717, 1.165) is 30.7 Å². The third-order valence-corrected chi connectivity index (χ3v) is 5.69. The van der Waals surface area contributed by atoms with Crippen LogP contribution in [0.25, 0.3) is 0 Å². The summed E-state index contributed by atoms with van der Waals surface area (Å²) in [6.07, 6.45) is 7.24. The minimum Gasteiger partial charge on any atom is -0.490 e. The molecule has 0 amide bonds. The van der Waals surface area contributed by atoms with Gasteiger partial charge in [-0.05, 0) is 88.7 Å². The molecule has 2 bridgehead atoms. The predicted molar refractivity (Wildman–Crippen MR) is 93.4 cm³/mol. The van der Waals surface area contributed by atoms with Crippen molar-refractivity contribution in [3.8, 4) is 5.75 Å². The Morgan fingerprint density at radius 2 is 1.88 bits per heavy atom. The van der Waals surface area contributed by atoms with E-state index < -0.39 is 17.4 Å². The van der Waals surface area contributed by atoms with Gasteiger partial charge in [0, 0.05) is 6.07 Å². The van der Waals surface area contributed by atoms with E-state index >= 15 is 0 Å². The first-order chi connectivity index (χ1) is 11.8. The Hall–Kier alpha value is -1.58. The van der Waals surface area contributed by atoms with E-state index in [1.165, 1.54) is 25.3 Å². The fraction of sp³-hybridized carbons (Fsp3) is 0.667. The van der Waals surface area contributed by atoms with E-state index in [1.807, 2.05) is 0 Å². The predicted octanol–water partition coefficient (Wildman–Crippen LogP) is 5.23. The average molecular weight is 346 g/mol. The van der Waals surface area contributed by atoms with Crippen LogP contribution in [0.5, 0.6) is 5.75 Å². The van der Waals surface area contributed by atoms with E-state index in [0.29, 0.717) is 17.6 Å². The number of carbonyl (C=O) groups excluding carboxylic acids is 1. The van der Waals surface area contributed by atoms with Crippen LogP contribution in [0.3, 0.4) is 0 Å². The van der Waals surface area contributed by atoms with Gasteiger partial charge in [0.25, 0.3) is 0 Å². The highest BCUT2D eigenvalue weighted by molar-refractivity contribution is 5.90. The molecule has 3 aliphatic carbocycles. The third kappa shape index (κ3) is 3.54. The van der Waals surface area contributed by atoms with Crippen molar-refractivity contribution in [2.75, 3.05) is 0 Å². The maximum Gasteiger partial charge on any atom is 0.341 e. The second kappa shape index (κ2) is 6.00. The molecule has 3 nitrogen and oxygen atoms in total. The molecule has 3 saturated carbocycles. The molecule has 4 rings (SSSR count). The smallest absolute Gasteiger partial charge is 0.341 e. The third-order valence-electron chi connectivity index (χ3n) is 5.69. The molecule has 3 atom stereocenters. The van der Waals surface area contributed by atoms with E-state index in [9.17, 15) is 9.18 Å². The fourth-order valence-corrected chi connectivity index (χ4v) is 4.37. The van der Waals surface area contributed by atoms with E-state index in [4.69, 9.17) is 9.47 Å². The van der Waals surface area contributed by atoms with E-state index in [-0.39, 0.29) is 11.7 Å². The molecule has 0 unspecified atom stereocenters. The summed E-state index contributed by atoms with van der Waals surface area (Å²) in [5, 5.41) is 0. The lowest BCUT2D eigenvalue weighted by Gasteiger charge is -2.25. The molecule has 136 valence electrons. The number of hydrogen-bond donors (Lipinski definition) is 0. The quantitative estimate of drug-likeness (QED) is 0.701. The molecule has 0 radical (unpaired) electrons. The summed E-state index contributed by atoms with van der Waals surface area (Å²) in [6.45, 7) is 5.37. The van der Waals surface area contributed by atoms with Crippen LogP contribution in [0.2, 0.25) is 0 Å². The molecule has 1 aromatic rings. The van der Waals surface area contributed by atoms with E-state index in [2.05, 4.69) is 0 Å².